The maximum atomic E-state index is 13.5. The van der Waals surface area contributed by atoms with Gasteiger partial charge in [-0.15, -0.1) is 0 Å². The molecule has 0 saturated carbocycles. The van der Waals surface area contributed by atoms with E-state index in [0.717, 1.165) is 25.9 Å². The number of rotatable bonds is 4. The number of nitrogens with one attached hydrogen (secondary N) is 2. The molecule has 1 aromatic carbocycles. The van der Waals surface area contributed by atoms with Crippen LogP contribution in [0.5, 0.6) is 0 Å². The number of carbonyl (C=O) groups excluding carboxylic acids is 1. The van der Waals surface area contributed by atoms with Crippen LogP contribution in [0.3, 0.4) is 0 Å². The van der Waals surface area contributed by atoms with Crippen molar-refractivity contribution in [3.63, 3.8) is 0 Å². The Morgan fingerprint density at radius 1 is 1.42 bits per heavy atom. The van der Waals surface area contributed by atoms with E-state index < -0.39 is 0 Å². The summed E-state index contributed by atoms with van der Waals surface area (Å²) in [5.41, 5.74) is 0.607. The number of benzene rings is 1. The summed E-state index contributed by atoms with van der Waals surface area (Å²) in [4.78, 5) is 12.1. The zero-order valence-corrected chi connectivity index (χ0v) is 11.3. The zero-order valence-electron chi connectivity index (χ0n) is 11.3. The Morgan fingerprint density at radius 2 is 2.11 bits per heavy atom. The Bertz CT molecular complexity index is 430. The smallest absolute Gasteiger partial charge is 0.223 e. The third-order valence-electron chi connectivity index (χ3n) is 3.62. The fourth-order valence-electron chi connectivity index (χ4n) is 2.40. The van der Waals surface area contributed by atoms with Crippen LogP contribution >= 0.6 is 0 Å². The van der Waals surface area contributed by atoms with E-state index in [1.807, 2.05) is 6.92 Å². The van der Waals surface area contributed by atoms with Gasteiger partial charge in [-0.05, 0) is 44.0 Å². The van der Waals surface area contributed by atoms with Crippen LogP contribution in [0.25, 0.3) is 0 Å². The largest absolute Gasteiger partial charge is 0.353 e. The van der Waals surface area contributed by atoms with Gasteiger partial charge < -0.3 is 10.6 Å². The average Bonchev–Trinajstić information content (AvgIpc) is 2.42. The molecule has 1 aromatic rings. The highest BCUT2D eigenvalue weighted by Crippen LogP contribution is 2.13. The summed E-state index contributed by atoms with van der Waals surface area (Å²) in [6.45, 7) is 3.75. The lowest BCUT2D eigenvalue weighted by molar-refractivity contribution is -0.125. The molecule has 1 amide bonds. The minimum absolute atomic E-state index is 0.0233. The van der Waals surface area contributed by atoms with Gasteiger partial charge in [0.25, 0.3) is 0 Å². The molecule has 0 aliphatic carbocycles. The maximum Gasteiger partial charge on any atom is 0.223 e. The molecule has 104 valence electrons. The first-order valence-electron chi connectivity index (χ1n) is 6.91. The van der Waals surface area contributed by atoms with Crippen molar-refractivity contribution in [1.29, 1.82) is 0 Å². The van der Waals surface area contributed by atoms with E-state index in [9.17, 15) is 9.18 Å². The third-order valence-corrected chi connectivity index (χ3v) is 3.62. The van der Waals surface area contributed by atoms with Gasteiger partial charge in [-0.25, -0.2) is 4.39 Å². The SMILES string of the molecule is CC(Cc1ccccc1F)C(=O)NC1CCNCC1. The van der Waals surface area contributed by atoms with Gasteiger partial charge in [0, 0.05) is 12.0 Å². The fraction of sp³-hybridized carbons (Fsp3) is 0.533. The predicted octanol–water partition coefficient (Wildman–Crippen LogP) is 1.87. The first kappa shape index (κ1) is 14.0. The highest BCUT2D eigenvalue weighted by atomic mass is 19.1. The lowest BCUT2D eigenvalue weighted by Crippen LogP contribution is -2.44. The van der Waals surface area contributed by atoms with E-state index in [0.29, 0.717) is 12.0 Å². The number of piperidine rings is 1. The Morgan fingerprint density at radius 3 is 2.79 bits per heavy atom. The number of carbonyl (C=O) groups is 1. The van der Waals surface area contributed by atoms with Crippen LogP contribution in [0, 0.1) is 11.7 Å². The third kappa shape index (κ3) is 4.03. The Kier molecular flexibility index (Phi) is 4.91. The quantitative estimate of drug-likeness (QED) is 0.871. The van der Waals surface area contributed by atoms with Gasteiger partial charge in [0.05, 0.1) is 0 Å². The Balaban J connectivity index is 1.87. The topological polar surface area (TPSA) is 41.1 Å². The van der Waals surface area contributed by atoms with E-state index in [1.165, 1.54) is 6.07 Å². The molecule has 1 aliphatic rings. The molecule has 0 radical (unpaired) electrons. The van der Waals surface area contributed by atoms with E-state index in [4.69, 9.17) is 0 Å². The molecule has 0 bridgehead atoms. The van der Waals surface area contributed by atoms with Gasteiger partial charge in [-0.3, -0.25) is 4.79 Å². The molecule has 1 saturated heterocycles. The molecule has 4 heteroatoms. The minimum atomic E-state index is -0.232. The van der Waals surface area contributed by atoms with Crippen LogP contribution in [-0.4, -0.2) is 25.0 Å². The van der Waals surface area contributed by atoms with Crippen molar-refractivity contribution < 1.29 is 9.18 Å². The number of hydrogen-bond donors (Lipinski definition) is 2. The van der Waals surface area contributed by atoms with Crippen LogP contribution in [0.1, 0.15) is 25.3 Å². The molecule has 0 spiro atoms. The van der Waals surface area contributed by atoms with Crippen molar-refractivity contribution in [2.75, 3.05) is 13.1 Å². The summed E-state index contributed by atoms with van der Waals surface area (Å²) in [6, 6.07) is 6.90. The molecule has 1 fully saturated rings. The van der Waals surface area contributed by atoms with Crippen molar-refractivity contribution in [1.82, 2.24) is 10.6 Å². The zero-order chi connectivity index (χ0) is 13.7. The molecule has 1 unspecified atom stereocenters. The van der Waals surface area contributed by atoms with Crippen molar-refractivity contribution in [2.45, 2.75) is 32.2 Å². The van der Waals surface area contributed by atoms with Gasteiger partial charge in [0.1, 0.15) is 5.82 Å². The average molecular weight is 264 g/mol. The summed E-state index contributed by atoms with van der Waals surface area (Å²) < 4.78 is 13.5. The van der Waals surface area contributed by atoms with Crippen LogP contribution in [0.2, 0.25) is 0 Å². The molecular weight excluding hydrogens is 243 g/mol. The van der Waals surface area contributed by atoms with Crippen molar-refractivity contribution >= 4 is 5.91 Å². The Hall–Kier alpha value is -1.42. The molecule has 1 heterocycles. The van der Waals surface area contributed by atoms with Gasteiger partial charge >= 0.3 is 0 Å². The first-order valence-corrected chi connectivity index (χ1v) is 6.91. The van der Waals surface area contributed by atoms with Gasteiger partial charge in [-0.2, -0.15) is 0 Å². The molecule has 19 heavy (non-hydrogen) atoms. The van der Waals surface area contributed by atoms with Gasteiger partial charge in [0.2, 0.25) is 5.91 Å². The maximum absolute atomic E-state index is 13.5. The van der Waals surface area contributed by atoms with Crippen LogP contribution < -0.4 is 10.6 Å². The molecule has 1 atom stereocenters. The molecule has 1 aliphatic heterocycles. The Labute approximate surface area is 113 Å². The lowest BCUT2D eigenvalue weighted by atomic mass is 9.98. The summed E-state index contributed by atoms with van der Waals surface area (Å²) >= 11 is 0. The number of amides is 1. The normalized spacial score (nSPS) is 18.0. The van der Waals surface area contributed by atoms with E-state index >= 15 is 0 Å². The second kappa shape index (κ2) is 6.66. The first-order chi connectivity index (χ1) is 9.16. The highest BCUT2D eigenvalue weighted by Gasteiger charge is 2.20. The van der Waals surface area contributed by atoms with Crippen molar-refractivity contribution in [3.05, 3.63) is 35.6 Å². The van der Waals surface area contributed by atoms with Crippen molar-refractivity contribution in [3.8, 4) is 0 Å². The summed E-state index contributed by atoms with van der Waals surface area (Å²) in [5, 5.41) is 6.32. The number of halogens is 1. The number of hydrogen-bond acceptors (Lipinski definition) is 2. The summed E-state index contributed by atoms with van der Waals surface area (Å²) in [7, 11) is 0. The van der Waals surface area contributed by atoms with E-state index in [-0.39, 0.29) is 23.7 Å². The monoisotopic (exact) mass is 264 g/mol. The second-order valence-corrected chi connectivity index (χ2v) is 5.23. The molecule has 2 rings (SSSR count). The predicted molar refractivity (Wildman–Crippen MR) is 73.3 cm³/mol. The standard InChI is InChI=1S/C15H21FN2O/c1-11(10-12-4-2-3-5-14(12)16)15(19)18-13-6-8-17-9-7-13/h2-5,11,13,17H,6-10H2,1H3,(H,18,19). The van der Waals surface area contributed by atoms with Crippen molar-refractivity contribution in [2.24, 2.45) is 5.92 Å². The highest BCUT2D eigenvalue weighted by molar-refractivity contribution is 5.78. The van der Waals surface area contributed by atoms with Crippen LogP contribution in [-0.2, 0) is 11.2 Å². The minimum Gasteiger partial charge on any atom is -0.353 e. The second-order valence-electron chi connectivity index (χ2n) is 5.23. The van der Waals surface area contributed by atoms with Crippen LogP contribution in [0.4, 0.5) is 4.39 Å². The summed E-state index contributed by atoms with van der Waals surface area (Å²) in [5.74, 6) is -0.411. The van der Waals surface area contributed by atoms with Gasteiger partial charge in [-0.1, -0.05) is 25.1 Å². The summed E-state index contributed by atoms with van der Waals surface area (Å²) in [6.07, 6.45) is 2.39. The van der Waals surface area contributed by atoms with Crippen LogP contribution in [0.15, 0.2) is 24.3 Å². The molecule has 3 nitrogen and oxygen atoms in total. The fourth-order valence-corrected chi connectivity index (χ4v) is 2.40. The molecule has 0 aromatic heterocycles. The van der Waals surface area contributed by atoms with Gasteiger partial charge in [0.15, 0.2) is 0 Å². The van der Waals surface area contributed by atoms with E-state index in [2.05, 4.69) is 10.6 Å². The molecule has 2 N–H and O–H groups in total. The van der Waals surface area contributed by atoms with E-state index in [1.54, 1.807) is 18.2 Å². The lowest BCUT2D eigenvalue weighted by Gasteiger charge is -2.25. The molecular formula is C15H21FN2O.